The first-order valence-corrected chi connectivity index (χ1v) is 10.0. The summed E-state index contributed by atoms with van der Waals surface area (Å²) in [5, 5.41) is 3.48. The number of hydrogen-bond acceptors (Lipinski definition) is 5. The lowest BCUT2D eigenvalue weighted by Gasteiger charge is -2.34. The molecule has 0 unspecified atom stereocenters. The number of carbonyl (C=O) groups excluding carboxylic acids is 1. The molecular formula is C21H27ClN4O2. The van der Waals surface area contributed by atoms with Crippen molar-refractivity contribution in [3.05, 3.63) is 40.8 Å². The molecule has 1 aliphatic rings. The van der Waals surface area contributed by atoms with Gasteiger partial charge in [-0.15, -0.1) is 0 Å². The molecule has 3 rings (SSSR count). The van der Waals surface area contributed by atoms with Crippen molar-refractivity contribution in [2.75, 3.05) is 30.4 Å². The predicted octanol–water partition coefficient (Wildman–Crippen LogP) is 4.39. The van der Waals surface area contributed by atoms with Crippen molar-refractivity contribution in [3.8, 4) is 5.75 Å². The molecule has 1 aromatic carbocycles. The quantitative estimate of drug-likeness (QED) is 0.776. The van der Waals surface area contributed by atoms with Crippen molar-refractivity contribution in [2.45, 2.75) is 39.5 Å². The van der Waals surface area contributed by atoms with E-state index in [0.717, 1.165) is 49.6 Å². The van der Waals surface area contributed by atoms with E-state index in [2.05, 4.69) is 20.2 Å². The number of piperidine rings is 1. The van der Waals surface area contributed by atoms with Crippen molar-refractivity contribution >= 4 is 29.0 Å². The maximum atomic E-state index is 12.4. The van der Waals surface area contributed by atoms with E-state index in [1.807, 2.05) is 13.8 Å². The first-order chi connectivity index (χ1) is 13.5. The number of methoxy groups -OCH3 is 1. The van der Waals surface area contributed by atoms with Crippen molar-refractivity contribution in [1.82, 2.24) is 9.97 Å². The first-order valence-electron chi connectivity index (χ1n) is 9.65. The van der Waals surface area contributed by atoms with Gasteiger partial charge in [0.1, 0.15) is 11.6 Å². The Labute approximate surface area is 171 Å². The van der Waals surface area contributed by atoms with Gasteiger partial charge in [-0.3, -0.25) is 9.78 Å². The van der Waals surface area contributed by atoms with Gasteiger partial charge in [0, 0.05) is 30.7 Å². The number of nitrogens with one attached hydrogen (secondary N) is 1. The van der Waals surface area contributed by atoms with Crippen molar-refractivity contribution < 1.29 is 9.53 Å². The lowest BCUT2D eigenvalue weighted by Crippen LogP contribution is -2.37. The van der Waals surface area contributed by atoms with E-state index in [4.69, 9.17) is 16.3 Å². The van der Waals surface area contributed by atoms with Crippen LogP contribution < -0.4 is 15.0 Å². The number of amides is 1. The molecule has 2 heterocycles. The van der Waals surface area contributed by atoms with Gasteiger partial charge in [-0.25, -0.2) is 4.98 Å². The lowest BCUT2D eigenvalue weighted by molar-refractivity contribution is -0.116. The average Bonchev–Trinajstić information content (AvgIpc) is 2.69. The second kappa shape index (κ2) is 9.24. The van der Waals surface area contributed by atoms with E-state index in [1.54, 1.807) is 31.5 Å². The highest BCUT2D eigenvalue weighted by molar-refractivity contribution is 6.31. The Kier molecular flexibility index (Phi) is 6.73. The van der Waals surface area contributed by atoms with Gasteiger partial charge in [0.15, 0.2) is 0 Å². The molecule has 1 aliphatic heterocycles. The van der Waals surface area contributed by atoms with Gasteiger partial charge in [-0.1, -0.05) is 11.6 Å². The van der Waals surface area contributed by atoms with Crippen LogP contribution in [-0.2, 0) is 4.79 Å². The summed E-state index contributed by atoms with van der Waals surface area (Å²) in [4.78, 5) is 23.8. The van der Waals surface area contributed by atoms with Gasteiger partial charge in [0.25, 0.3) is 0 Å². The summed E-state index contributed by atoms with van der Waals surface area (Å²) in [7, 11) is 1.58. The lowest BCUT2D eigenvalue weighted by atomic mass is 9.93. The number of hydrogen-bond donors (Lipinski definition) is 1. The third kappa shape index (κ3) is 5.13. The van der Waals surface area contributed by atoms with Gasteiger partial charge >= 0.3 is 0 Å². The molecule has 2 aromatic rings. The molecule has 150 valence electrons. The van der Waals surface area contributed by atoms with Crippen LogP contribution in [0.15, 0.2) is 24.4 Å². The highest BCUT2D eigenvalue weighted by Gasteiger charge is 2.23. The number of halogens is 1. The molecule has 6 nitrogen and oxygen atoms in total. The molecule has 0 aliphatic carbocycles. The number of nitrogens with zero attached hydrogens (tertiary/aromatic N) is 3. The Morgan fingerprint density at radius 3 is 3.00 bits per heavy atom. The molecule has 0 radical (unpaired) electrons. The normalized spacial score (nSPS) is 16.7. The van der Waals surface area contributed by atoms with E-state index < -0.39 is 0 Å². The van der Waals surface area contributed by atoms with Crippen LogP contribution in [0.25, 0.3) is 0 Å². The van der Waals surface area contributed by atoms with E-state index in [-0.39, 0.29) is 5.91 Å². The molecule has 1 aromatic heterocycles. The Hall–Kier alpha value is -2.34. The van der Waals surface area contributed by atoms with E-state index in [1.165, 1.54) is 0 Å². The third-order valence-electron chi connectivity index (χ3n) is 5.08. The molecule has 1 N–H and O–H groups in total. The van der Waals surface area contributed by atoms with Gasteiger partial charge < -0.3 is 15.0 Å². The van der Waals surface area contributed by atoms with Crippen LogP contribution in [0.4, 0.5) is 11.5 Å². The SMILES string of the molecule is COc1ccc(Cl)cc1NC(=O)CC[C@H]1CCCN(c2nc(C)cnc2C)C1. The van der Waals surface area contributed by atoms with Crippen LogP contribution in [0.3, 0.4) is 0 Å². The van der Waals surface area contributed by atoms with Gasteiger partial charge in [-0.05, 0) is 57.2 Å². The summed E-state index contributed by atoms with van der Waals surface area (Å²) in [5.74, 6) is 2.01. The molecule has 1 amide bonds. The topological polar surface area (TPSA) is 67.3 Å². The number of benzene rings is 1. The van der Waals surface area contributed by atoms with Crippen LogP contribution in [0.2, 0.25) is 5.02 Å². The smallest absolute Gasteiger partial charge is 0.224 e. The summed E-state index contributed by atoms with van der Waals surface area (Å²) >= 11 is 6.03. The van der Waals surface area contributed by atoms with Crippen LogP contribution in [0.1, 0.15) is 37.1 Å². The standard InChI is InChI=1S/C21H27ClN4O2/c1-14-12-23-15(2)21(24-14)26-10-4-5-16(13-26)6-9-20(27)25-18-11-17(22)7-8-19(18)28-3/h7-8,11-12,16H,4-6,9-10,13H2,1-3H3,(H,25,27)/t16-/m1/s1. The van der Waals surface area contributed by atoms with E-state index >= 15 is 0 Å². The third-order valence-corrected chi connectivity index (χ3v) is 5.32. The van der Waals surface area contributed by atoms with Gasteiger partial charge in [0.2, 0.25) is 5.91 Å². The molecule has 1 atom stereocenters. The molecule has 0 bridgehead atoms. The summed E-state index contributed by atoms with van der Waals surface area (Å²) in [5.41, 5.74) is 2.49. The second-order valence-electron chi connectivity index (χ2n) is 7.31. The predicted molar refractivity (Wildman–Crippen MR) is 112 cm³/mol. The zero-order valence-corrected chi connectivity index (χ0v) is 17.4. The minimum absolute atomic E-state index is 0.0239. The number of aryl methyl sites for hydroxylation is 2. The number of carbonyl (C=O) groups is 1. The maximum absolute atomic E-state index is 12.4. The van der Waals surface area contributed by atoms with Gasteiger partial charge in [-0.2, -0.15) is 0 Å². The Morgan fingerprint density at radius 2 is 2.21 bits per heavy atom. The summed E-state index contributed by atoms with van der Waals surface area (Å²) in [6, 6.07) is 5.20. The maximum Gasteiger partial charge on any atom is 0.224 e. The zero-order valence-electron chi connectivity index (χ0n) is 16.7. The zero-order chi connectivity index (χ0) is 20.1. The minimum Gasteiger partial charge on any atom is -0.495 e. The largest absolute Gasteiger partial charge is 0.495 e. The van der Waals surface area contributed by atoms with Crippen LogP contribution in [0, 0.1) is 19.8 Å². The Bertz CT molecular complexity index is 843. The Balaban J connectivity index is 1.56. The highest BCUT2D eigenvalue weighted by atomic mass is 35.5. The molecule has 0 saturated carbocycles. The van der Waals surface area contributed by atoms with Crippen molar-refractivity contribution in [3.63, 3.8) is 0 Å². The molecular weight excluding hydrogens is 376 g/mol. The number of aromatic nitrogens is 2. The molecule has 1 saturated heterocycles. The van der Waals surface area contributed by atoms with E-state index in [9.17, 15) is 4.79 Å². The van der Waals surface area contributed by atoms with Crippen LogP contribution in [0.5, 0.6) is 5.75 Å². The number of anilines is 2. The fourth-order valence-electron chi connectivity index (χ4n) is 3.64. The molecule has 1 fully saturated rings. The van der Waals surface area contributed by atoms with E-state index in [0.29, 0.717) is 28.8 Å². The fourth-order valence-corrected chi connectivity index (χ4v) is 3.82. The fraction of sp³-hybridized carbons (Fsp3) is 0.476. The average molecular weight is 403 g/mol. The first kappa shape index (κ1) is 20.4. The molecule has 28 heavy (non-hydrogen) atoms. The summed E-state index contributed by atoms with van der Waals surface area (Å²) < 4.78 is 5.29. The highest BCUT2D eigenvalue weighted by Crippen LogP contribution is 2.29. The summed E-state index contributed by atoms with van der Waals surface area (Å²) in [6.45, 7) is 5.86. The summed E-state index contributed by atoms with van der Waals surface area (Å²) in [6.07, 6.45) is 5.33. The number of ether oxygens (including phenoxy) is 1. The van der Waals surface area contributed by atoms with Crippen molar-refractivity contribution in [1.29, 1.82) is 0 Å². The van der Waals surface area contributed by atoms with Crippen molar-refractivity contribution in [2.24, 2.45) is 5.92 Å². The molecule has 0 spiro atoms. The second-order valence-corrected chi connectivity index (χ2v) is 7.74. The van der Waals surface area contributed by atoms with Crippen LogP contribution in [-0.4, -0.2) is 36.1 Å². The Morgan fingerprint density at radius 1 is 1.39 bits per heavy atom. The molecule has 7 heteroatoms. The van der Waals surface area contributed by atoms with Crippen LogP contribution >= 0.6 is 11.6 Å². The van der Waals surface area contributed by atoms with Gasteiger partial charge in [0.05, 0.1) is 24.2 Å². The number of rotatable bonds is 6. The monoisotopic (exact) mass is 402 g/mol. The minimum atomic E-state index is -0.0239.